The molecule has 0 saturated carbocycles. The summed E-state index contributed by atoms with van der Waals surface area (Å²) in [6, 6.07) is 6.41. The molecule has 0 unspecified atom stereocenters. The average molecular weight is 237 g/mol. The van der Waals surface area contributed by atoms with E-state index in [9.17, 15) is 9.59 Å². The molecule has 5 heteroatoms. The third kappa shape index (κ3) is 4.24. The van der Waals surface area contributed by atoms with Crippen molar-refractivity contribution in [2.24, 2.45) is 0 Å². The van der Waals surface area contributed by atoms with Crippen molar-refractivity contribution < 1.29 is 19.4 Å². The van der Waals surface area contributed by atoms with E-state index in [-0.39, 0.29) is 18.9 Å². The Bertz CT molecular complexity index is 386. The van der Waals surface area contributed by atoms with Crippen molar-refractivity contribution >= 4 is 17.6 Å². The van der Waals surface area contributed by atoms with Crippen molar-refractivity contribution in [1.29, 1.82) is 0 Å². The Morgan fingerprint density at radius 2 is 1.94 bits per heavy atom. The van der Waals surface area contributed by atoms with Crippen LogP contribution in [-0.2, 0) is 9.53 Å². The van der Waals surface area contributed by atoms with Gasteiger partial charge in [0, 0.05) is 18.7 Å². The summed E-state index contributed by atoms with van der Waals surface area (Å²) in [5.74, 6) is -0.576. The summed E-state index contributed by atoms with van der Waals surface area (Å²) >= 11 is 0. The molecule has 0 saturated heterocycles. The lowest BCUT2D eigenvalue weighted by atomic mass is 10.2. The van der Waals surface area contributed by atoms with E-state index >= 15 is 0 Å². The number of benzene rings is 1. The van der Waals surface area contributed by atoms with Crippen LogP contribution in [0, 0.1) is 0 Å². The molecule has 0 aliphatic carbocycles. The van der Waals surface area contributed by atoms with Crippen LogP contribution < -0.4 is 5.32 Å². The maximum absolute atomic E-state index is 11.3. The second-order valence-electron chi connectivity index (χ2n) is 3.44. The molecule has 0 atom stereocenters. The average Bonchev–Trinajstić information content (AvgIpc) is 2.36. The Hall–Kier alpha value is -1.88. The molecule has 5 nitrogen and oxygen atoms in total. The zero-order valence-corrected chi connectivity index (χ0v) is 9.60. The highest BCUT2D eigenvalue weighted by atomic mass is 16.5. The Balaban J connectivity index is 2.56. The highest BCUT2D eigenvalue weighted by Gasteiger charge is 2.05. The molecule has 92 valence electrons. The van der Waals surface area contributed by atoms with Gasteiger partial charge in [-0.15, -0.1) is 0 Å². The van der Waals surface area contributed by atoms with Gasteiger partial charge in [-0.2, -0.15) is 0 Å². The molecule has 2 N–H and O–H groups in total. The van der Waals surface area contributed by atoms with Gasteiger partial charge in [0.2, 0.25) is 5.91 Å². The fourth-order valence-electron chi connectivity index (χ4n) is 1.27. The zero-order valence-electron chi connectivity index (χ0n) is 9.60. The monoisotopic (exact) mass is 237 g/mol. The molecule has 0 aromatic heterocycles. The molecule has 1 aromatic carbocycles. The molecule has 0 aliphatic rings. The molecular formula is C12H15NO4. The predicted molar refractivity (Wildman–Crippen MR) is 62.7 cm³/mol. The van der Waals surface area contributed by atoms with Gasteiger partial charge < -0.3 is 15.2 Å². The van der Waals surface area contributed by atoms with Crippen LogP contribution in [0.1, 0.15) is 23.2 Å². The number of aliphatic hydroxyl groups is 1. The summed E-state index contributed by atoms with van der Waals surface area (Å²) in [5.41, 5.74) is 1.04. The smallest absolute Gasteiger partial charge is 0.337 e. The molecule has 0 bridgehead atoms. The summed E-state index contributed by atoms with van der Waals surface area (Å²) in [5, 5.41) is 11.2. The lowest BCUT2D eigenvalue weighted by Gasteiger charge is -2.05. The Morgan fingerprint density at radius 3 is 2.47 bits per heavy atom. The standard InChI is InChI=1S/C12H15NO4/c1-17-12(16)9-4-6-10(7-5-9)13-11(15)3-2-8-14/h4-7,14H,2-3,8H2,1H3,(H,13,15). The normalized spacial score (nSPS) is 9.76. The van der Waals surface area contributed by atoms with E-state index in [1.807, 2.05) is 0 Å². The van der Waals surface area contributed by atoms with E-state index in [0.29, 0.717) is 17.7 Å². The second kappa shape index (κ2) is 6.65. The number of carbonyl (C=O) groups is 2. The number of anilines is 1. The predicted octanol–water partition coefficient (Wildman–Crippen LogP) is 1.18. The maximum Gasteiger partial charge on any atom is 0.337 e. The topological polar surface area (TPSA) is 75.6 Å². The lowest BCUT2D eigenvalue weighted by Crippen LogP contribution is -2.12. The van der Waals surface area contributed by atoms with E-state index in [2.05, 4.69) is 10.1 Å². The zero-order chi connectivity index (χ0) is 12.7. The van der Waals surface area contributed by atoms with E-state index in [0.717, 1.165) is 0 Å². The number of rotatable bonds is 5. The van der Waals surface area contributed by atoms with Crippen molar-refractivity contribution in [3.63, 3.8) is 0 Å². The van der Waals surface area contributed by atoms with Crippen molar-refractivity contribution in [1.82, 2.24) is 0 Å². The summed E-state index contributed by atoms with van der Waals surface area (Å²) in [7, 11) is 1.31. The first-order chi connectivity index (χ1) is 8.17. The number of methoxy groups -OCH3 is 1. The molecule has 17 heavy (non-hydrogen) atoms. The van der Waals surface area contributed by atoms with Gasteiger partial charge in [-0.1, -0.05) is 0 Å². The minimum Gasteiger partial charge on any atom is -0.465 e. The van der Waals surface area contributed by atoms with Gasteiger partial charge in [-0.3, -0.25) is 4.79 Å². The number of carbonyl (C=O) groups excluding carboxylic acids is 2. The molecule has 0 heterocycles. The Morgan fingerprint density at radius 1 is 1.29 bits per heavy atom. The molecule has 0 aliphatic heterocycles. The fourth-order valence-corrected chi connectivity index (χ4v) is 1.27. The lowest BCUT2D eigenvalue weighted by molar-refractivity contribution is -0.116. The minimum absolute atomic E-state index is 0.00526. The Labute approximate surface area is 99.4 Å². The molecule has 1 amide bonds. The van der Waals surface area contributed by atoms with E-state index in [1.165, 1.54) is 7.11 Å². The van der Waals surface area contributed by atoms with E-state index in [4.69, 9.17) is 5.11 Å². The highest BCUT2D eigenvalue weighted by molar-refractivity contribution is 5.92. The fraction of sp³-hybridized carbons (Fsp3) is 0.333. The van der Waals surface area contributed by atoms with Crippen LogP contribution in [0.4, 0.5) is 5.69 Å². The van der Waals surface area contributed by atoms with Crippen LogP contribution in [0.15, 0.2) is 24.3 Å². The van der Waals surface area contributed by atoms with Gasteiger partial charge in [0.05, 0.1) is 12.7 Å². The van der Waals surface area contributed by atoms with Gasteiger partial charge in [0.1, 0.15) is 0 Å². The summed E-state index contributed by atoms with van der Waals surface area (Å²) in [4.78, 5) is 22.5. The molecule has 1 rings (SSSR count). The van der Waals surface area contributed by atoms with Crippen molar-refractivity contribution in [2.45, 2.75) is 12.8 Å². The van der Waals surface area contributed by atoms with Crippen LogP contribution in [0.3, 0.4) is 0 Å². The molecule has 0 radical (unpaired) electrons. The van der Waals surface area contributed by atoms with Gasteiger partial charge in [-0.05, 0) is 30.7 Å². The van der Waals surface area contributed by atoms with Crippen LogP contribution in [-0.4, -0.2) is 30.7 Å². The van der Waals surface area contributed by atoms with Gasteiger partial charge >= 0.3 is 5.97 Å². The number of aliphatic hydroxyl groups excluding tert-OH is 1. The summed E-state index contributed by atoms with van der Waals surface area (Å²) in [6.45, 7) is -0.00526. The minimum atomic E-state index is -0.414. The SMILES string of the molecule is COC(=O)c1ccc(NC(=O)CCCO)cc1. The van der Waals surface area contributed by atoms with Crippen molar-refractivity contribution in [2.75, 3.05) is 19.0 Å². The van der Waals surface area contributed by atoms with Crippen LogP contribution in [0.25, 0.3) is 0 Å². The molecular weight excluding hydrogens is 222 g/mol. The third-order valence-corrected chi connectivity index (χ3v) is 2.15. The van der Waals surface area contributed by atoms with Gasteiger partial charge in [0.15, 0.2) is 0 Å². The summed E-state index contributed by atoms with van der Waals surface area (Å²) in [6.07, 6.45) is 0.710. The third-order valence-electron chi connectivity index (χ3n) is 2.15. The first-order valence-electron chi connectivity index (χ1n) is 5.26. The number of ether oxygens (including phenoxy) is 1. The molecule has 0 fully saturated rings. The maximum atomic E-state index is 11.3. The van der Waals surface area contributed by atoms with Gasteiger partial charge in [0.25, 0.3) is 0 Å². The number of hydrogen-bond acceptors (Lipinski definition) is 4. The number of esters is 1. The van der Waals surface area contributed by atoms with Gasteiger partial charge in [-0.25, -0.2) is 4.79 Å². The first-order valence-corrected chi connectivity index (χ1v) is 5.26. The largest absolute Gasteiger partial charge is 0.465 e. The Kier molecular flexibility index (Phi) is 5.16. The highest BCUT2D eigenvalue weighted by Crippen LogP contribution is 2.10. The van der Waals surface area contributed by atoms with Crippen LogP contribution in [0.5, 0.6) is 0 Å². The second-order valence-corrected chi connectivity index (χ2v) is 3.44. The number of nitrogens with one attached hydrogen (secondary N) is 1. The van der Waals surface area contributed by atoms with Crippen LogP contribution in [0.2, 0.25) is 0 Å². The van der Waals surface area contributed by atoms with Crippen LogP contribution >= 0.6 is 0 Å². The van der Waals surface area contributed by atoms with Crippen molar-refractivity contribution in [3.05, 3.63) is 29.8 Å². The number of amides is 1. The first kappa shape index (κ1) is 13.2. The summed E-state index contributed by atoms with van der Waals surface area (Å²) < 4.78 is 4.56. The number of hydrogen-bond donors (Lipinski definition) is 2. The van der Waals surface area contributed by atoms with Crippen molar-refractivity contribution in [3.8, 4) is 0 Å². The quantitative estimate of drug-likeness (QED) is 0.754. The molecule has 0 spiro atoms. The molecule has 1 aromatic rings. The van der Waals surface area contributed by atoms with E-state index < -0.39 is 5.97 Å². The van der Waals surface area contributed by atoms with E-state index in [1.54, 1.807) is 24.3 Å².